The summed E-state index contributed by atoms with van der Waals surface area (Å²) in [5, 5.41) is 9.86. The maximum absolute atomic E-state index is 9.86. The van der Waals surface area contributed by atoms with Crippen molar-refractivity contribution in [3.8, 4) is 17.0 Å². The Bertz CT molecular complexity index is 731. The summed E-state index contributed by atoms with van der Waals surface area (Å²) in [6.07, 6.45) is 1.89. The highest BCUT2D eigenvalue weighted by atomic mass is 16.3. The fourth-order valence-electron chi connectivity index (χ4n) is 2.04. The number of aromatic hydroxyl groups is 1. The lowest BCUT2D eigenvalue weighted by molar-refractivity contribution is 0.477. The van der Waals surface area contributed by atoms with Gasteiger partial charge in [-0.2, -0.15) is 0 Å². The molecule has 0 unspecified atom stereocenters. The number of aryl methyl sites for hydroxylation is 1. The Balaban J connectivity index is 2.31. The van der Waals surface area contributed by atoms with Crippen molar-refractivity contribution in [1.29, 1.82) is 0 Å². The van der Waals surface area contributed by atoms with Gasteiger partial charge in [-0.15, -0.1) is 0 Å². The SMILES string of the molecule is Cc1ccn2c(N)c(-c3ccccc3O)nc2c1. The molecular weight excluding hydrogens is 226 g/mol. The summed E-state index contributed by atoms with van der Waals surface area (Å²) in [5.74, 6) is 0.718. The summed E-state index contributed by atoms with van der Waals surface area (Å²) in [4.78, 5) is 4.48. The molecule has 2 heterocycles. The van der Waals surface area contributed by atoms with E-state index in [1.807, 2.05) is 35.7 Å². The van der Waals surface area contributed by atoms with Crippen molar-refractivity contribution in [2.24, 2.45) is 0 Å². The number of phenols is 1. The molecular formula is C14H13N3O. The van der Waals surface area contributed by atoms with E-state index < -0.39 is 0 Å². The first kappa shape index (κ1) is 10.7. The van der Waals surface area contributed by atoms with Crippen LogP contribution in [0.5, 0.6) is 5.75 Å². The number of rotatable bonds is 1. The monoisotopic (exact) mass is 239 g/mol. The van der Waals surface area contributed by atoms with Crippen molar-refractivity contribution in [2.75, 3.05) is 5.73 Å². The van der Waals surface area contributed by atoms with Crippen molar-refractivity contribution in [3.63, 3.8) is 0 Å². The van der Waals surface area contributed by atoms with Gasteiger partial charge in [0.05, 0.1) is 0 Å². The Morgan fingerprint density at radius 3 is 2.78 bits per heavy atom. The molecule has 4 nitrogen and oxygen atoms in total. The van der Waals surface area contributed by atoms with Crippen LogP contribution < -0.4 is 5.73 Å². The van der Waals surface area contributed by atoms with Gasteiger partial charge in [0.15, 0.2) is 0 Å². The number of hydrogen-bond donors (Lipinski definition) is 2. The number of phenolic OH excluding ortho intramolecular Hbond substituents is 1. The molecule has 0 aliphatic heterocycles. The number of hydrogen-bond acceptors (Lipinski definition) is 3. The first-order valence-electron chi connectivity index (χ1n) is 5.69. The minimum atomic E-state index is 0.185. The Kier molecular flexibility index (Phi) is 2.23. The van der Waals surface area contributed by atoms with Crippen molar-refractivity contribution in [3.05, 3.63) is 48.2 Å². The van der Waals surface area contributed by atoms with E-state index in [1.54, 1.807) is 18.2 Å². The van der Waals surface area contributed by atoms with Gasteiger partial charge in [-0.25, -0.2) is 4.98 Å². The second-order valence-corrected chi connectivity index (χ2v) is 4.30. The van der Waals surface area contributed by atoms with Crippen molar-refractivity contribution < 1.29 is 5.11 Å². The van der Waals surface area contributed by atoms with E-state index in [-0.39, 0.29) is 5.75 Å². The van der Waals surface area contributed by atoms with Gasteiger partial charge in [-0.3, -0.25) is 4.40 Å². The van der Waals surface area contributed by atoms with Gasteiger partial charge in [0.2, 0.25) is 0 Å². The Morgan fingerprint density at radius 2 is 2.00 bits per heavy atom. The topological polar surface area (TPSA) is 63.5 Å². The molecule has 1 aromatic carbocycles. The predicted molar refractivity (Wildman–Crippen MR) is 71.4 cm³/mol. The molecule has 2 aromatic heterocycles. The zero-order chi connectivity index (χ0) is 12.7. The van der Waals surface area contributed by atoms with E-state index in [1.165, 1.54) is 0 Å². The molecule has 90 valence electrons. The second kappa shape index (κ2) is 3.77. The number of fused-ring (bicyclic) bond motifs is 1. The van der Waals surface area contributed by atoms with Gasteiger partial charge in [-0.05, 0) is 36.8 Å². The molecule has 0 radical (unpaired) electrons. The van der Waals surface area contributed by atoms with Gasteiger partial charge in [0, 0.05) is 11.8 Å². The third kappa shape index (κ3) is 1.50. The summed E-state index contributed by atoms with van der Waals surface area (Å²) in [5.41, 5.74) is 9.24. The minimum Gasteiger partial charge on any atom is -0.507 e. The van der Waals surface area contributed by atoms with Crippen molar-refractivity contribution in [2.45, 2.75) is 6.92 Å². The molecule has 3 aromatic rings. The fraction of sp³-hybridized carbons (Fsp3) is 0.0714. The lowest BCUT2D eigenvalue weighted by Crippen LogP contribution is -1.94. The third-order valence-electron chi connectivity index (χ3n) is 2.98. The van der Waals surface area contributed by atoms with E-state index in [2.05, 4.69) is 4.98 Å². The van der Waals surface area contributed by atoms with Crippen LogP contribution in [-0.4, -0.2) is 14.5 Å². The van der Waals surface area contributed by atoms with E-state index in [0.29, 0.717) is 17.1 Å². The average Bonchev–Trinajstić information content (AvgIpc) is 2.67. The lowest BCUT2D eigenvalue weighted by Gasteiger charge is -2.01. The van der Waals surface area contributed by atoms with Crippen molar-refractivity contribution >= 4 is 11.5 Å². The maximum Gasteiger partial charge on any atom is 0.139 e. The summed E-state index contributed by atoms with van der Waals surface area (Å²) >= 11 is 0. The summed E-state index contributed by atoms with van der Waals surface area (Å²) in [7, 11) is 0. The number of benzene rings is 1. The highest BCUT2D eigenvalue weighted by Crippen LogP contribution is 2.32. The summed E-state index contributed by atoms with van der Waals surface area (Å²) in [6.45, 7) is 2.00. The lowest BCUT2D eigenvalue weighted by atomic mass is 10.1. The number of para-hydroxylation sites is 1. The highest BCUT2D eigenvalue weighted by Gasteiger charge is 2.13. The van der Waals surface area contributed by atoms with Crippen LogP contribution in [0.3, 0.4) is 0 Å². The molecule has 0 spiro atoms. The van der Waals surface area contributed by atoms with E-state index >= 15 is 0 Å². The molecule has 3 rings (SSSR count). The van der Waals surface area contributed by atoms with Crippen LogP contribution in [0.1, 0.15) is 5.56 Å². The summed E-state index contributed by atoms with van der Waals surface area (Å²) < 4.78 is 1.81. The number of pyridine rings is 1. The largest absolute Gasteiger partial charge is 0.507 e. The number of nitrogen functional groups attached to an aromatic ring is 1. The quantitative estimate of drug-likeness (QED) is 0.686. The number of anilines is 1. The smallest absolute Gasteiger partial charge is 0.139 e. The van der Waals surface area contributed by atoms with Gasteiger partial charge < -0.3 is 10.8 Å². The van der Waals surface area contributed by atoms with Gasteiger partial charge in [0.25, 0.3) is 0 Å². The number of nitrogens with zero attached hydrogens (tertiary/aromatic N) is 2. The van der Waals surface area contributed by atoms with Crippen LogP contribution >= 0.6 is 0 Å². The standard InChI is InChI=1S/C14H13N3O/c1-9-6-7-17-12(8-9)16-13(14(17)15)10-4-2-3-5-11(10)18/h2-8,18H,15H2,1H3. The van der Waals surface area contributed by atoms with Crippen LogP contribution in [0.4, 0.5) is 5.82 Å². The highest BCUT2D eigenvalue weighted by molar-refractivity contribution is 5.78. The van der Waals surface area contributed by atoms with Gasteiger partial charge >= 0.3 is 0 Å². The fourth-order valence-corrected chi connectivity index (χ4v) is 2.04. The maximum atomic E-state index is 9.86. The summed E-state index contributed by atoms with van der Waals surface area (Å²) in [6, 6.07) is 11.0. The van der Waals surface area contributed by atoms with Crippen LogP contribution in [0, 0.1) is 6.92 Å². The van der Waals surface area contributed by atoms with E-state index in [9.17, 15) is 5.11 Å². The molecule has 0 amide bonds. The number of imidazole rings is 1. The van der Waals surface area contributed by atoms with Crippen LogP contribution in [0.2, 0.25) is 0 Å². The van der Waals surface area contributed by atoms with Crippen LogP contribution in [0.15, 0.2) is 42.6 Å². The molecule has 0 aliphatic rings. The molecule has 0 saturated carbocycles. The van der Waals surface area contributed by atoms with Gasteiger partial charge in [0.1, 0.15) is 22.9 Å². The van der Waals surface area contributed by atoms with Gasteiger partial charge in [-0.1, -0.05) is 12.1 Å². The Hall–Kier alpha value is -2.49. The Morgan fingerprint density at radius 1 is 1.22 bits per heavy atom. The van der Waals surface area contributed by atoms with E-state index in [0.717, 1.165) is 11.2 Å². The third-order valence-corrected chi connectivity index (χ3v) is 2.98. The average molecular weight is 239 g/mol. The number of nitrogens with two attached hydrogens (primary N) is 1. The zero-order valence-electron chi connectivity index (χ0n) is 9.96. The first-order valence-corrected chi connectivity index (χ1v) is 5.69. The van der Waals surface area contributed by atoms with Crippen LogP contribution in [-0.2, 0) is 0 Å². The Labute approximate surface area is 104 Å². The molecule has 0 fully saturated rings. The number of aromatic nitrogens is 2. The first-order chi connectivity index (χ1) is 8.66. The predicted octanol–water partition coefficient (Wildman–Crippen LogP) is 2.60. The van der Waals surface area contributed by atoms with Crippen molar-refractivity contribution in [1.82, 2.24) is 9.38 Å². The molecule has 0 aliphatic carbocycles. The molecule has 0 saturated heterocycles. The molecule has 4 heteroatoms. The molecule has 0 atom stereocenters. The molecule has 3 N–H and O–H groups in total. The minimum absolute atomic E-state index is 0.185. The van der Waals surface area contributed by atoms with E-state index in [4.69, 9.17) is 5.73 Å². The zero-order valence-corrected chi connectivity index (χ0v) is 9.96. The van der Waals surface area contributed by atoms with Crippen LogP contribution in [0.25, 0.3) is 16.9 Å². The molecule has 18 heavy (non-hydrogen) atoms. The molecule has 0 bridgehead atoms. The normalized spacial score (nSPS) is 10.9. The second-order valence-electron chi connectivity index (χ2n) is 4.30.